The van der Waals surface area contributed by atoms with Crippen molar-refractivity contribution in [3.05, 3.63) is 24.0 Å². The van der Waals surface area contributed by atoms with Gasteiger partial charge in [0.1, 0.15) is 5.69 Å². The number of carbonyl (C=O) groups is 1. The molecular formula is C10H12N2O. The van der Waals surface area contributed by atoms with E-state index in [0.717, 1.165) is 19.3 Å². The van der Waals surface area contributed by atoms with E-state index in [2.05, 4.69) is 4.98 Å². The van der Waals surface area contributed by atoms with Crippen molar-refractivity contribution in [3.8, 4) is 0 Å². The summed E-state index contributed by atoms with van der Waals surface area (Å²) in [5.41, 5.74) is 6.61. The third-order valence-corrected chi connectivity index (χ3v) is 2.55. The zero-order valence-corrected chi connectivity index (χ0v) is 7.36. The van der Waals surface area contributed by atoms with Crippen LogP contribution >= 0.6 is 0 Å². The Morgan fingerprint density at radius 3 is 2.85 bits per heavy atom. The SMILES string of the molecule is Nc1cccnc1C(=O)C1CCC1. The van der Waals surface area contributed by atoms with Crippen LogP contribution in [0.2, 0.25) is 0 Å². The Morgan fingerprint density at radius 2 is 2.31 bits per heavy atom. The number of aromatic nitrogens is 1. The molecule has 0 spiro atoms. The number of rotatable bonds is 2. The molecule has 0 saturated heterocycles. The predicted octanol–water partition coefficient (Wildman–Crippen LogP) is 1.65. The molecule has 3 nitrogen and oxygen atoms in total. The highest BCUT2D eigenvalue weighted by Gasteiger charge is 2.27. The summed E-state index contributed by atoms with van der Waals surface area (Å²) < 4.78 is 0. The van der Waals surface area contributed by atoms with Crippen LogP contribution in [0.1, 0.15) is 29.8 Å². The molecule has 2 rings (SSSR count). The van der Waals surface area contributed by atoms with Gasteiger partial charge in [0.15, 0.2) is 5.78 Å². The van der Waals surface area contributed by atoms with Gasteiger partial charge >= 0.3 is 0 Å². The summed E-state index contributed by atoms with van der Waals surface area (Å²) in [6, 6.07) is 3.46. The molecule has 0 radical (unpaired) electrons. The van der Waals surface area contributed by atoms with Crippen LogP contribution < -0.4 is 5.73 Å². The average Bonchev–Trinajstić information content (AvgIpc) is 2.01. The van der Waals surface area contributed by atoms with Crippen molar-refractivity contribution in [1.82, 2.24) is 4.98 Å². The van der Waals surface area contributed by atoms with Gasteiger partial charge in [-0.2, -0.15) is 0 Å². The fourth-order valence-corrected chi connectivity index (χ4v) is 1.49. The Hall–Kier alpha value is -1.38. The second kappa shape index (κ2) is 3.17. The van der Waals surface area contributed by atoms with E-state index in [0.29, 0.717) is 11.4 Å². The maximum Gasteiger partial charge on any atom is 0.186 e. The van der Waals surface area contributed by atoms with Crippen LogP contribution in [-0.2, 0) is 0 Å². The maximum absolute atomic E-state index is 11.7. The van der Waals surface area contributed by atoms with Gasteiger partial charge in [-0.3, -0.25) is 9.78 Å². The number of ketones is 1. The van der Waals surface area contributed by atoms with Gasteiger partial charge in [0.25, 0.3) is 0 Å². The summed E-state index contributed by atoms with van der Waals surface area (Å²) in [6.07, 6.45) is 4.76. The number of nitrogen functional groups attached to an aromatic ring is 1. The van der Waals surface area contributed by atoms with Crippen molar-refractivity contribution in [1.29, 1.82) is 0 Å². The molecule has 3 heteroatoms. The molecule has 1 saturated carbocycles. The lowest BCUT2D eigenvalue weighted by Gasteiger charge is -2.23. The number of hydrogen-bond acceptors (Lipinski definition) is 3. The van der Waals surface area contributed by atoms with Gasteiger partial charge < -0.3 is 5.73 Å². The van der Waals surface area contributed by atoms with Crippen LogP contribution in [0, 0.1) is 5.92 Å². The molecule has 0 aliphatic heterocycles. The lowest BCUT2D eigenvalue weighted by molar-refractivity contribution is 0.0851. The number of anilines is 1. The van der Waals surface area contributed by atoms with Crippen LogP contribution in [0.5, 0.6) is 0 Å². The van der Waals surface area contributed by atoms with Gasteiger partial charge in [-0.1, -0.05) is 6.42 Å². The smallest absolute Gasteiger partial charge is 0.186 e. The molecule has 2 N–H and O–H groups in total. The molecule has 1 fully saturated rings. The zero-order valence-electron chi connectivity index (χ0n) is 7.36. The Bertz CT molecular complexity index is 331. The first kappa shape index (κ1) is 8.23. The number of hydrogen-bond donors (Lipinski definition) is 1. The molecule has 0 amide bonds. The topological polar surface area (TPSA) is 56.0 Å². The van der Waals surface area contributed by atoms with Gasteiger partial charge in [-0.25, -0.2) is 0 Å². The van der Waals surface area contributed by atoms with Crippen molar-refractivity contribution >= 4 is 11.5 Å². The summed E-state index contributed by atoms with van der Waals surface area (Å²) in [4.78, 5) is 15.7. The first-order valence-electron chi connectivity index (χ1n) is 4.54. The minimum Gasteiger partial charge on any atom is -0.397 e. The highest BCUT2D eigenvalue weighted by atomic mass is 16.1. The number of nitrogens with zero attached hydrogens (tertiary/aromatic N) is 1. The molecule has 1 aromatic heterocycles. The molecule has 68 valence electrons. The van der Waals surface area contributed by atoms with E-state index in [1.54, 1.807) is 18.3 Å². The molecule has 0 unspecified atom stereocenters. The fourth-order valence-electron chi connectivity index (χ4n) is 1.49. The maximum atomic E-state index is 11.7. The van der Waals surface area contributed by atoms with Crippen LogP contribution in [-0.4, -0.2) is 10.8 Å². The minimum atomic E-state index is 0.115. The Labute approximate surface area is 77.0 Å². The van der Waals surface area contributed by atoms with E-state index in [1.807, 2.05) is 0 Å². The lowest BCUT2D eigenvalue weighted by atomic mass is 9.81. The van der Waals surface area contributed by atoms with E-state index in [-0.39, 0.29) is 11.7 Å². The van der Waals surface area contributed by atoms with Crippen LogP contribution in [0.15, 0.2) is 18.3 Å². The van der Waals surface area contributed by atoms with Gasteiger partial charge in [0, 0.05) is 12.1 Å². The monoisotopic (exact) mass is 176 g/mol. The first-order chi connectivity index (χ1) is 6.29. The van der Waals surface area contributed by atoms with Crippen molar-refractivity contribution in [3.63, 3.8) is 0 Å². The highest BCUT2D eigenvalue weighted by molar-refractivity contribution is 6.00. The van der Waals surface area contributed by atoms with Crippen LogP contribution in [0.4, 0.5) is 5.69 Å². The number of pyridine rings is 1. The number of nitrogens with two attached hydrogens (primary N) is 1. The summed E-state index contributed by atoms with van der Waals surface area (Å²) >= 11 is 0. The summed E-state index contributed by atoms with van der Waals surface area (Å²) in [5, 5.41) is 0. The van der Waals surface area contributed by atoms with Crippen molar-refractivity contribution in [2.75, 3.05) is 5.73 Å². The normalized spacial score (nSPS) is 16.6. The Morgan fingerprint density at radius 1 is 1.54 bits per heavy atom. The Balaban J connectivity index is 2.24. The van der Waals surface area contributed by atoms with Gasteiger partial charge in [-0.15, -0.1) is 0 Å². The van der Waals surface area contributed by atoms with E-state index in [1.165, 1.54) is 0 Å². The van der Waals surface area contributed by atoms with Crippen molar-refractivity contribution in [2.24, 2.45) is 5.92 Å². The third kappa shape index (κ3) is 1.41. The third-order valence-electron chi connectivity index (χ3n) is 2.55. The molecule has 0 bridgehead atoms. The number of Topliss-reactive ketones (excluding diaryl/α,β-unsaturated/α-hetero) is 1. The predicted molar refractivity (Wildman–Crippen MR) is 50.3 cm³/mol. The van der Waals surface area contributed by atoms with Gasteiger partial charge in [0.2, 0.25) is 0 Å². The number of carbonyl (C=O) groups excluding carboxylic acids is 1. The first-order valence-corrected chi connectivity index (χ1v) is 4.54. The highest BCUT2D eigenvalue weighted by Crippen LogP contribution is 2.30. The van der Waals surface area contributed by atoms with E-state index in [4.69, 9.17) is 5.73 Å². The van der Waals surface area contributed by atoms with Crippen LogP contribution in [0.3, 0.4) is 0 Å². The zero-order chi connectivity index (χ0) is 9.26. The van der Waals surface area contributed by atoms with Crippen molar-refractivity contribution < 1.29 is 4.79 Å². The fraction of sp³-hybridized carbons (Fsp3) is 0.400. The summed E-state index contributed by atoms with van der Waals surface area (Å²) in [7, 11) is 0. The second-order valence-corrected chi connectivity index (χ2v) is 3.43. The summed E-state index contributed by atoms with van der Waals surface area (Å²) in [5.74, 6) is 0.293. The van der Waals surface area contributed by atoms with Gasteiger partial charge in [-0.05, 0) is 25.0 Å². The standard InChI is InChI=1S/C10H12N2O/c11-8-5-2-6-12-9(8)10(13)7-3-1-4-7/h2,5-7H,1,3-4,11H2. The molecule has 1 aliphatic rings. The largest absolute Gasteiger partial charge is 0.397 e. The summed E-state index contributed by atoms with van der Waals surface area (Å²) in [6.45, 7) is 0. The van der Waals surface area contributed by atoms with E-state index >= 15 is 0 Å². The molecule has 1 heterocycles. The lowest BCUT2D eigenvalue weighted by Crippen LogP contribution is -2.23. The molecular weight excluding hydrogens is 164 g/mol. The van der Waals surface area contributed by atoms with Crippen LogP contribution in [0.25, 0.3) is 0 Å². The van der Waals surface area contributed by atoms with Gasteiger partial charge in [0.05, 0.1) is 5.69 Å². The quantitative estimate of drug-likeness (QED) is 0.697. The molecule has 13 heavy (non-hydrogen) atoms. The molecule has 1 aromatic rings. The van der Waals surface area contributed by atoms with E-state index in [9.17, 15) is 4.79 Å². The second-order valence-electron chi connectivity index (χ2n) is 3.43. The molecule has 0 aromatic carbocycles. The minimum absolute atomic E-state index is 0.115. The van der Waals surface area contributed by atoms with E-state index < -0.39 is 0 Å². The Kier molecular flexibility index (Phi) is 2.00. The molecule has 0 atom stereocenters. The average molecular weight is 176 g/mol. The van der Waals surface area contributed by atoms with Crippen molar-refractivity contribution in [2.45, 2.75) is 19.3 Å². The molecule has 1 aliphatic carbocycles.